The molecule has 0 saturated heterocycles. The molecule has 2 aromatic carbocycles. The molecule has 0 fully saturated rings. The molecule has 25 heavy (non-hydrogen) atoms. The van der Waals surface area contributed by atoms with E-state index in [1.807, 2.05) is 50.2 Å². The summed E-state index contributed by atoms with van der Waals surface area (Å²) in [5.74, 6) is 0.299. The Balaban J connectivity index is 1.92. The molecule has 0 heterocycles. The van der Waals surface area contributed by atoms with Crippen LogP contribution in [0.5, 0.6) is 5.75 Å². The smallest absolute Gasteiger partial charge is 0.280 e. The standard InChI is InChI=1S/C20H23ClN2O2/c1-5-16-6-8-17(9-7-16)12-22-23-20(24)15(4)25-18-10-13(2)19(21)14(3)11-18/h6-12,15H,5H2,1-4H3,(H,23,24). The van der Waals surface area contributed by atoms with Gasteiger partial charge in [0.25, 0.3) is 5.91 Å². The molecule has 132 valence electrons. The fourth-order valence-electron chi connectivity index (χ4n) is 2.33. The number of halogens is 1. The number of nitrogens with one attached hydrogen (secondary N) is 1. The van der Waals surface area contributed by atoms with Crippen molar-refractivity contribution in [2.24, 2.45) is 5.10 Å². The summed E-state index contributed by atoms with van der Waals surface area (Å²) in [7, 11) is 0. The van der Waals surface area contributed by atoms with Crippen molar-refractivity contribution in [3.05, 3.63) is 63.7 Å². The van der Waals surface area contributed by atoms with E-state index in [9.17, 15) is 4.79 Å². The fraction of sp³-hybridized carbons (Fsp3) is 0.300. The van der Waals surface area contributed by atoms with Crippen LogP contribution in [0.3, 0.4) is 0 Å². The number of amides is 1. The third kappa shape index (κ3) is 5.33. The van der Waals surface area contributed by atoms with Crippen LogP contribution in [0.2, 0.25) is 5.02 Å². The van der Waals surface area contributed by atoms with Gasteiger partial charge in [0.15, 0.2) is 6.10 Å². The molecule has 2 rings (SSSR count). The van der Waals surface area contributed by atoms with Gasteiger partial charge in [-0.3, -0.25) is 4.79 Å². The van der Waals surface area contributed by atoms with Gasteiger partial charge in [0.2, 0.25) is 0 Å². The lowest BCUT2D eigenvalue weighted by Gasteiger charge is -2.14. The summed E-state index contributed by atoms with van der Waals surface area (Å²) in [5, 5.41) is 4.69. The van der Waals surface area contributed by atoms with Crippen molar-refractivity contribution in [2.45, 2.75) is 40.2 Å². The zero-order valence-electron chi connectivity index (χ0n) is 15.0. The Morgan fingerprint density at radius 3 is 2.40 bits per heavy atom. The van der Waals surface area contributed by atoms with Crippen LogP contribution in [0.15, 0.2) is 41.5 Å². The highest BCUT2D eigenvalue weighted by atomic mass is 35.5. The highest BCUT2D eigenvalue weighted by molar-refractivity contribution is 6.32. The van der Waals surface area contributed by atoms with Gasteiger partial charge in [0, 0.05) is 5.02 Å². The largest absolute Gasteiger partial charge is 0.481 e. The average molecular weight is 359 g/mol. The Labute approximate surface area is 153 Å². The van der Waals surface area contributed by atoms with E-state index in [1.165, 1.54) is 5.56 Å². The fourth-order valence-corrected chi connectivity index (χ4v) is 2.44. The SMILES string of the molecule is CCc1ccc(C=NNC(=O)C(C)Oc2cc(C)c(Cl)c(C)c2)cc1. The van der Waals surface area contributed by atoms with Gasteiger partial charge in [0.1, 0.15) is 5.75 Å². The molecule has 5 heteroatoms. The first kappa shape index (κ1) is 19.0. The first-order valence-corrected chi connectivity index (χ1v) is 8.63. The Hall–Kier alpha value is -2.33. The third-order valence-corrected chi connectivity index (χ3v) is 4.46. The summed E-state index contributed by atoms with van der Waals surface area (Å²) >= 11 is 6.14. The number of rotatable bonds is 6. The minimum atomic E-state index is -0.667. The van der Waals surface area contributed by atoms with Crippen molar-refractivity contribution in [1.29, 1.82) is 0 Å². The molecule has 1 amide bonds. The van der Waals surface area contributed by atoms with E-state index in [4.69, 9.17) is 16.3 Å². The van der Waals surface area contributed by atoms with Gasteiger partial charge in [-0.05, 0) is 61.6 Å². The van der Waals surface area contributed by atoms with Crippen LogP contribution in [0.4, 0.5) is 0 Å². The van der Waals surface area contributed by atoms with Gasteiger partial charge in [-0.15, -0.1) is 0 Å². The van der Waals surface area contributed by atoms with Gasteiger partial charge < -0.3 is 4.74 Å². The Morgan fingerprint density at radius 1 is 1.24 bits per heavy atom. The Kier molecular flexibility index (Phi) is 6.59. The van der Waals surface area contributed by atoms with Crippen LogP contribution in [-0.4, -0.2) is 18.2 Å². The predicted molar refractivity (Wildman–Crippen MR) is 103 cm³/mol. The van der Waals surface area contributed by atoms with Crippen molar-refractivity contribution in [1.82, 2.24) is 5.43 Å². The average Bonchev–Trinajstić information content (AvgIpc) is 2.60. The van der Waals surface area contributed by atoms with Crippen LogP contribution in [0, 0.1) is 13.8 Å². The Morgan fingerprint density at radius 2 is 1.84 bits per heavy atom. The van der Waals surface area contributed by atoms with Crippen molar-refractivity contribution in [3.63, 3.8) is 0 Å². The maximum absolute atomic E-state index is 12.1. The van der Waals surface area contributed by atoms with Gasteiger partial charge in [-0.2, -0.15) is 5.10 Å². The quantitative estimate of drug-likeness (QED) is 0.613. The molecular weight excluding hydrogens is 336 g/mol. The first-order valence-electron chi connectivity index (χ1n) is 8.26. The van der Waals surface area contributed by atoms with Crippen LogP contribution in [0.1, 0.15) is 36.1 Å². The second kappa shape index (κ2) is 8.67. The zero-order valence-corrected chi connectivity index (χ0v) is 15.7. The van der Waals surface area contributed by atoms with E-state index in [0.717, 1.165) is 23.1 Å². The number of aryl methyl sites for hydroxylation is 3. The minimum absolute atomic E-state index is 0.313. The molecule has 1 N–H and O–H groups in total. The normalized spacial score (nSPS) is 12.2. The maximum Gasteiger partial charge on any atom is 0.280 e. The number of hydrazone groups is 1. The number of hydrogen-bond donors (Lipinski definition) is 1. The summed E-state index contributed by atoms with van der Waals surface area (Å²) in [4.78, 5) is 12.1. The summed E-state index contributed by atoms with van der Waals surface area (Å²) < 4.78 is 5.68. The summed E-state index contributed by atoms with van der Waals surface area (Å²) in [6.07, 6.45) is 1.94. The lowest BCUT2D eigenvalue weighted by atomic mass is 10.1. The molecule has 1 unspecified atom stereocenters. The molecule has 4 nitrogen and oxygen atoms in total. The molecule has 2 aromatic rings. The van der Waals surface area contributed by atoms with E-state index >= 15 is 0 Å². The molecule has 0 aliphatic heterocycles. The van der Waals surface area contributed by atoms with Gasteiger partial charge >= 0.3 is 0 Å². The lowest BCUT2D eigenvalue weighted by Crippen LogP contribution is -2.33. The third-order valence-electron chi connectivity index (χ3n) is 3.87. The number of hydrogen-bond acceptors (Lipinski definition) is 3. The molecular formula is C20H23ClN2O2. The van der Waals surface area contributed by atoms with Crippen molar-refractivity contribution in [3.8, 4) is 5.75 Å². The van der Waals surface area contributed by atoms with E-state index in [-0.39, 0.29) is 5.91 Å². The van der Waals surface area contributed by atoms with Crippen LogP contribution < -0.4 is 10.2 Å². The number of ether oxygens (including phenoxy) is 1. The molecule has 0 saturated carbocycles. The van der Waals surface area contributed by atoms with Crippen LogP contribution >= 0.6 is 11.6 Å². The van der Waals surface area contributed by atoms with Crippen LogP contribution in [-0.2, 0) is 11.2 Å². The molecule has 0 aliphatic rings. The van der Waals surface area contributed by atoms with Crippen molar-refractivity contribution >= 4 is 23.7 Å². The van der Waals surface area contributed by atoms with Crippen LogP contribution in [0.25, 0.3) is 0 Å². The van der Waals surface area contributed by atoms with E-state index < -0.39 is 6.10 Å². The maximum atomic E-state index is 12.1. The summed E-state index contributed by atoms with van der Waals surface area (Å²) in [5.41, 5.74) is 6.52. The second-order valence-corrected chi connectivity index (χ2v) is 6.34. The molecule has 0 bridgehead atoms. The first-order chi connectivity index (χ1) is 11.9. The molecule has 0 radical (unpaired) electrons. The highest BCUT2D eigenvalue weighted by Crippen LogP contribution is 2.26. The lowest BCUT2D eigenvalue weighted by molar-refractivity contribution is -0.127. The molecule has 0 spiro atoms. The zero-order chi connectivity index (χ0) is 18.4. The van der Waals surface area contributed by atoms with Gasteiger partial charge in [-0.25, -0.2) is 5.43 Å². The van der Waals surface area contributed by atoms with Crippen molar-refractivity contribution < 1.29 is 9.53 Å². The highest BCUT2D eigenvalue weighted by Gasteiger charge is 2.15. The number of carbonyl (C=O) groups is 1. The van der Waals surface area contributed by atoms with Gasteiger partial charge in [0.05, 0.1) is 6.21 Å². The minimum Gasteiger partial charge on any atom is -0.481 e. The van der Waals surface area contributed by atoms with E-state index in [1.54, 1.807) is 13.1 Å². The molecule has 1 atom stereocenters. The molecule has 0 aliphatic carbocycles. The topological polar surface area (TPSA) is 50.7 Å². The number of carbonyl (C=O) groups excluding carboxylic acids is 1. The predicted octanol–water partition coefficient (Wildman–Crippen LogP) is 4.44. The number of nitrogens with zero attached hydrogens (tertiary/aromatic N) is 1. The van der Waals surface area contributed by atoms with Crippen molar-refractivity contribution in [2.75, 3.05) is 0 Å². The number of benzene rings is 2. The molecule has 0 aromatic heterocycles. The summed E-state index contributed by atoms with van der Waals surface area (Å²) in [6, 6.07) is 11.6. The second-order valence-electron chi connectivity index (χ2n) is 5.96. The van der Waals surface area contributed by atoms with E-state index in [2.05, 4.69) is 17.5 Å². The summed E-state index contributed by atoms with van der Waals surface area (Å²) in [6.45, 7) is 7.59. The Bertz CT molecular complexity index is 747. The van der Waals surface area contributed by atoms with Gasteiger partial charge in [-0.1, -0.05) is 42.8 Å². The van der Waals surface area contributed by atoms with E-state index in [0.29, 0.717) is 10.8 Å². The monoisotopic (exact) mass is 358 g/mol.